The van der Waals surface area contributed by atoms with Crippen molar-refractivity contribution in [2.45, 2.75) is 6.92 Å². The van der Waals surface area contributed by atoms with E-state index in [1.165, 1.54) is 0 Å². The monoisotopic (exact) mass is 604 g/mol. The van der Waals surface area contributed by atoms with Gasteiger partial charge in [0.15, 0.2) is 0 Å². The zero-order valence-corrected chi connectivity index (χ0v) is 24.2. The minimum absolute atomic E-state index is 0. The number of carboxylic acid groups (broad SMARTS) is 1. The van der Waals surface area contributed by atoms with Crippen LogP contribution in [0.3, 0.4) is 0 Å². The summed E-state index contributed by atoms with van der Waals surface area (Å²) in [6.45, 7) is 5.49. The van der Waals surface area contributed by atoms with E-state index < -0.39 is 5.97 Å². The number of carbonyl (C=O) groups is 2. The van der Waals surface area contributed by atoms with Crippen molar-refractivity contribution >= 4 is 77.2 Å². The van der Waals surface area contributed by atoms with Gasteiger partial charge in [-0.15, -0.1) is 37.2 Å². The fourth-order valence-corrected chi connectivity index (χ4v) is 4.59. The second kappa shape index (κ2) is 14.6. The molecule has 0 aliphatic carbocycles. The molecule has 0 radical (unpaired) electrons. The number of para-hydroxylation sites is 2. The fraction of sp³-hybridized carbons (Fsp3) is 0.207. The summed E-state index contributed by atoms with van der Waals surface area (Å²) in [4.78, 5) is 33.9. The number of nitrogens with one attached hydrogen (secondary N) is 1. The standard InChI is InChI=1S/C29H28N4O4.3ClH/c1-2-37-26-11-7-6-10-25(26)32-14-16-33(17-15-32)27-19-23(29(35)36)22-18-21(12-13-24(22)31-27)30-28(34)20-8-4-3-5-9-20;;;/h3-13,18-19H,2,14-17H2,1H3,(H,30,34)(H,35,36);3*1H. The Balaban J connectivity index is 0.00000187. The Morgan fingerprint density at radius 2 is 1.52 bits per heavy atom. The number of carboxylic acids is 1. The lowest BCUT2D eigenvalue weighted by atomic mass is 10.1. The van der Waals surface area contributed by atoms with Crippen LogP contribution in [0.15, 0.2) is 78.9 Å². The maximum atomic E-state index is 12.6. The molecular weight excluding hydrogens is 575 g/mol. The molecule has 2 heterocycles. The first-order valence-corrected chi connectivity index (χ1v) is 12.3. The highest BCUT2D eigenvalue weighted by molar-refractivity contribution is 6.08. The lowest BCUT2D eigenvalue weighted by molar-refractivity contribution is 0.0698. The van der Waals surface area contributed by atoms with E-state index in [0.29, 0.717) is 47.7 Å². The van der Waals surface area contributed by atoms with Gasteiger partial charge in [-0.25, -0.2) is 9.78 Å². The minimum atomic E-state index is -1.04. The van der Waals surface area contributed by atoms with Gasteiger partial charge in [0.05, 0.1) is 23.4 Å². The van der Waals surface area contributed by atoms with E-state index in [-0.39, 0.29) is 48.7 Å². The first-order valence-electron chi connectivity index (χ1n) is 12.3. The smallest absolute Gasteiger partial charge is 0.336 e. The number of benzene rings is 3. The lowest BCUT2D eigenvalue weighted by Gasteiger charge is -2.37. The average Bonchev–Trinajstić information content (AvgIpc) is 2.93. The number of rotatable bonds is 7. The first-order chi connectivity index (χ1) is 18.0. The summed E-state index contributed by atoms with van der Waals surface area (Å²) in [5.41, 5.74) is 2.82. The Morgan fingerprint density at radius 3 is 2.20 bits per heavy atom. The highest BCUT2D eigenvalue weighted by atomic mass is 35.5. The van der Waals surface area contributed by atoms with Gasteiger partial charge in [-0.3, -0.25) is 4.79 Å². The number of hydrogen-bond donors (Lipinski definition) is 2. The number of aromatic carboxylic acids is 1. The molecule has 0 bridgehead atoms. The zero-order valence-electron chi connectivity index (χ0n) is 21.8. The minimum Gasteiger partial charge on any atom is -0.492 e. The van der Waals surface area contributed by atoms with E-state index in [2.05, 4.69) is 21.2 Å². The molecule has 212 valence electrons. The van der Waals surface area contributed by atoms with Gasteiger partial charge in [-0.1, -0.05) is 30.3 Å². The molecule has 5 rings (SSSR count). The van der Waals surface area contributed by atoms with Gasteiger partial charge in [-0.2, -0.15) is 0 Å². The molecule has 0 unspecified atom stereocenters. The van der Waals surface area contributed by atoms with Crippen molar-refractivity contribution in [3.05, 3.63) is 90.0 Å². The summed E-state index contributed by atoms with van der Waals surface area (Å²) in [6, 6.07) is 23.7. The summed E-state index contributed by atoms with van der Waals surface area (Å²) < 4.78 is 5.79. The van der Waals surface area contributed by atoms with Gasteiger partial charge in [0.2, 0.25) is 0 Å². The Bertz CT molecular complexity index is 1450. The van der Waals surface area contributed by atoms with E-state index in [9.17, 15) is 14.7 Å². The van der Waals surface area contributed by atoms with Crippen molar-refractivity contribution in [2.75, 3.05) is 47.9 Å². The number of aromatic nitrogens is 1. The van der Waals surface area contributed by atoms with Crippen LogP contribution in [0.25, 0.3) is 10.9 Å². The number of nitrogens with zero attached hydrogens (tertiary/aromatic N) is 3. The van der Waals surface area contributed by atoms with Gasteiger partial charge < -0.3 is 25.0 Å². The predicted octanol–water partition coefficient (Wildman–Crippen LogP) is 6.18. The summed E-state index contributed by atoms with van der Waals surface area (Å²) in [5, 5.41) is 13.3. The summed E-state index contributed by atoms with van der Waals surface area (Å²) in [7, 11) is 0. The molecule has 0 saturated carbocycles. The molecular formula is C29H31Cl3N4O4. The molecule has 1 fully saturated rings. The maximum absolute atomic E-state index is 12.6. The molecule has 4 aromatic rings. The van der Waals surface area contributed by atoms with Crippen molar-refractivity contribution in [3.63, 3.8) is 0 Å². The average molecular weight is 606 g/mol. The number of halogens is 3. The third-order valence-corrected chi connectivity index (χ3v) is 6.43. The van der Waals surface area contributed by atoms with Crippen LogP contribution in [0, 0.1) is 0 Å². The van der Waals surface area contributed by atoms with Crippen LogP contribution in [-0.2, 0) is 0 Å². The molecule has 1 aliphatic heterocycles. The quantitative estimate of drug-likeness (QED) is 0.260. The van der Waals surface area contributed by atoms with Crippen LogP contribution >= 0.6 is 37.2 Å². The molecule has 8 nitrogen and oxygen atoms in total. The van der Waals surface area contributed by atoms with E-state index in [1.54, 1.807) is 48.5 Å². The van der Waals surface area contributed by atoms with E-state index in [4.69, 9.17) is 9.72 Å². The van der Waals surface area contributed by atoms with Crippen molar-refractivity contribution < 1.29 is 19.4 Å². The van der Waals surface area contributed by atoms with Crippen LogP contribution in [0.2, 0.25) is 0 Å². The molecule has 1 aliphatic rings. The molecule has 0 spiro atoms. The normalized spacial score (nSPS) is 12.4. The van der Waals surface area contributed by atoms with Crippen LogP contribution < -0.4 is 19.9 Å². The summed E-state index contributed by atoms with van der Waals surface area (Å²) in [5.74, 6) is 0.198. The van der Waals surface area contributed by atoms with Crippen molar-refractivity contribution in [3.8, 4) is 5.75 Å². The Morgan fingerprint density at radius 1 is 0.875 bits per heavy atom. The SMILES string of the molecule is CCOc1ccccc1N1CCN(c2cc(C(=O)O)c3cc(NC(=O)c4ccccc4)ccc3n2)CC1.Cl.Cl.Cl. The third kappa shape index (κ3) is 7.07. The fourth-order valence-electron chi connectivity index (χ4n) is 4.59. The van der Waals surface area contributed by atoms with Gasteiger partial charge in [0, 0.05) is 42.8 Å². The molecule has 3 aromatic carbocycles. The van der Waals surface area contributed by atoms with E-state index in [1.807, 2.05) is 31.2 Å². The molecule has 40 heavy (non-hydrogen) atoms. The van der Waals surface area contributed by atoms with Gasteiger partial charge in [0.25, 0.3) is 5.91 Å². The van der Waals surface area contributed by atoms with E-state index in [0.717, 1.165) is 24.5 Å². The number of piperazine rings is 1. The number of hydrogen-bond acceptors (Lipinski definition) is 6. The Kier molecular flexibility index (Phi) is 11.9. The molecule has 1 amide bonds. The molecule has 0 atom stereocenters. The van der Waals surface area contributed by atoms with Crippen molar-refractivity contribution in [1.82, 2.24) is 4.98 Å². The van der Waals surface area contributed by atoms with Crippen molar-refractivity contribution in [1.29, 1.82) is 0 Å². The van der Waals surface area contributed by atoms with Crippen molar-refractivity contribution in [2.24, 2.45) is 0 Å². The molecule has 11 heteroatoms. The number of ether oxygens (including phenoxy) is 1. The Labute approximate surface area is 251 Å². The number of carbonyl (C=O) groups excluding carboxylic acids is 1. The second-order valence-electron chi connectivity index (χ2n) is 8.76. The largest absolute Gasteiger partial charge is 0.492 e. The highest BCUT2D eigenvalue weighted by Crippen LogP contribution is 2.31. The highest BCUT2D eigenvalue weighted by Gasteiger charge is 2.23. The van der Waals surface area contributed by atoms with Gasteiger partial charge >= 0.3 is 5.97 Å². The number of fused-ring (bicyclic) bond motifs is 1. The molecule has 1 aromatic heterocycles. The van der Waals surface area contributed by atoms with Crippen LogP contribution in [0.4, 0.5) is 17.2 Å². The lowest BCUT2D eigenvalue weighted by Crippen LogP contribution is -2.47. The summed E-state index contributed by atoms with van der Waals surface area (Å²) >= 11 is 0. The van der Waals surface area contributed by atoms with E-state index >= 15 is 0 Å². The predicted molar refractivity (Wildman–Crippen MR) is 167 cm³/mol. The van der Waals surface area contributed by atoms with Crippen LogP contribution in [0.1, 0.15) is 27.6 Å². The summed E-state index contributed by atoms with van der Waals surface area (Å²) in [6.07, 6.45) is 0. The van der Waals surface area contributed by atoms with Gasteiger partial charge in [-0.05, 0) is 55.5 Å². The number of pyridine rings is 1. The zero-order chi connectivity index (χ0) is 25.8. The first kappa shape index (κ1) is 32.5. The van der Waals surface area contributed by atoms with Gasteiger partial charge in [0.1, 0.15) is 11.6 Å². The van der Waals surface area contributed by atoms with Crippen LogP contribution in [0.5, 0.6) is 5.75 Å². The number of anilines is 3. The number of amides is 1. The topological polar surface area (TPSA) is 95.0 Å². The van der Waals surface area contributed by atoms with Crippen LogP contribution in [-0.4, -0.2) is 54.8 Å². The third-order valence-electron chi connectivity index (χ3n) is 6.43. The molecule has 1 saturated heterocycles. The maximum Gasteiger partial charge on any atom is 0.336 e. The second-order valence-corrected chi connectivity index (χ2v) is 8.76. The Hall–Kier alpha value is -3.72. The molecule has 2 N–H and O–H groups in total.